The van der Waals surface area contributed by atoms with Gasteiger partial charge in [0.25, 0.3) is 0 Å². The molecule has 1 rings (SSSR count). The van der Waals surface area contributed by atoms with E-state index < -0.39 is 16.0 Å². The Bertz CT molecular complexity index is 569. The van der Waals surface area contributed by atoms with Crippen molar-refractivity contribution in [2.24, 2.45) is 0 Å². The average molecular weight is 362 g/mol. The molecule has 20 heavy (non-hydrogen) atoms. The van der Waals surface area contributed by atoms with Crippen molar-refractivity contribution < 1.29 is 17.9 Å². The van der Waals surface area contributed by atoms with Crippen LogP contribution in [-0.4, -0.2) is 38.4 Å². The van der Waals surface area contributed by atoms with Crippen LogP contribution < -0.4 is 0 Å². The molecule has 0 N–H and O–H groups in total. The number of halogens is 1. The number of sulfonamides is 1. The van der Waals surface area contributed by atoms with Gasteiger partial charge in [0.15, 0.2) is 0 Å². The second-order valence-electron chi connectivity index (χ2n) is 3.85. The van der Waals surface area contributed by atoms with Gasteiger partial charge >= 0.3 is 5.97 Å². The van der Waals surface area contributed by atoms with Gasteiger partial charge in [-0.15, -0.1) is 6.58 Å². The molecule has 7 heteroatoms. The number of carbonyl (C=O) groups excluding carboxylic acids is 1. The molecular formula is C13H16BrNO4S. The van der Waals surface area contributed by atoms with Crippen LogP contribution in [-0.2, 0) is 19.6 Å². The predicted molar refractivity (Wildman–Crippen MR) is 79.7 cm³/mol. The van der Waals surface area contributed by atoms with Gasteiger partial charge in [-0.05, 0) is 31.2 Å². The van der Waals surface area contributed by atoms with E-state index in [0.29, 0.717) is 0 Å². The Labute approximate surface area is 127 Å². The van der Waals surface area contributed by atoms with Crippen LogP contribution in [0.25, 0.3) is 0 Å². The maximum absolute atomic E-state index is 12.4. The SMILES string of the molecule is C=CCN(CC(=O)OCC)S(=O)(=O)c1ccc(Br)cc1. The highest BCUT2D eigenvalue weighted by molar-refractivity contribution is 9.10. The molecular weight excluding hydrogens is 346 g/mol. The fourth-order valence-corrected chi connectivity index (χ4v) is 3.12. The van der Waals surface area contributed by atoms with Gasteiger partial charge in [0.2, 0.25) is 10.0 Å². The monoisotopic (exact) mass is 361 g/mol. The molecule has 5 nitrogen and oxygen atoms in total. The minimum atomic E-state index is -3.75. The molecule has 0 saturated carbocycles. The summed E-state index contributed by atoms with van der Waals surface area (Å²) in [6, 6.07) is 6.20. The van der Waals surface area contributed by atoms with E-state index in [4.69, 9.17) is 4.74 Å². The quantitative estimate of drug-likeness (QED) is 0.551. The van der Waals surface area contributed by atoms with Crippen molar-refractivity contribution in [2.75, 3.05) is 19.7 Å². The third kappa shape index (κ3) is 4.43. The lowest BCUT2D eigenvalue weighted by atomic mass is 10.4. The molecule has 0 spiro atoms. The Morgan fingerprint density at radius 2 is 2.00 bits per heavy atom. The minimum absolute atomic E-state index is 0.0389. The Kier molecular flexibility index (Phi) is 6.38. The maximum Gasteiger partial charge on any atom is 0.321 e. The molecule has 0 radical (unpaired) electrons. The standard InChI is InChI=1S/C13H16BrNO4S/c1-3-9-15(10-13(16)19-4-2)20(17,18)12-7-5-11(14)6-8-12/h3,5-8H,1,4,9-10H2,2H3. The highest BCUT2D eigenvalue weighted by Gasteiger charge is 2.26. The van der Waals surface area contributed by atoms with Gasteiger partial charge in [-0.3, -0.25) is 4.79 Å². The Morgan fingerprint density at radius 3 is 2.50 bits per heavy atom. The Hall–Kier alpha value is -1.18. The summed E-state index contributed by atoms with van der Waals surface area (Å²) in [7, 11) is -3.75. The van der Waals surface area contributed by atoms with E-state index in [2.05, 4.69) is 22.5 Å². The first kappa shape index (κ1) is 16.9. The summed E-state index contributed by atoms with van der Waals surface area (Å²) in [6.07, 6.45) is 1.43. The van der Waals surface area contributed by atoms with E-state index in [0.717, 1.165) is 8.78 Å². The summed E-state index contributed by atoms with van der Waals surface area (Å²) >= 11 is 3.24. The lowest BCUT2D eigenvalue weighted by molar-refractivity contribution is -0.143. The summed E-state index contributed by atoms with van der Waals surface area (Å²) in [5.41, 5.74) is 0. The lowest BCUT2D eigenvalue weighted by Gasteiger charge is -2.19. The molecule has 0 aliphatic carbocycles. The van der Waals surface area contributed by atoms with Crippen molar-refractivity contribution in [2.45, 2.75) is 11.8 Å². The number of ether oxygens (including phenoxy) is 1. The summed E-state index contributed by atoms with van der Waals surface area (Å²) in [5.74, 6) is -0.588. The van der Waals surface area contributed by atoms with Gasteiger partial charge in [-0.25, -0.2) is 8.42 Å². The molecule has 0 saturated heterocycles. The van der Waals surface area contributed by atoms with Crippen LogP contribution in [0, 0.1) is 0 Å². The van der Waals surface area contributed by atoms with Gasteiger partial charge in [-0.2, -0.15) is 4.31 Å². The van der Waals surface area contributed by atoms with Gasteiger partial charge in [0.05, 0.1) is 11.5 Å². The van der Waals surface area contributed by atoms with E-state index in [-0.39, 0.29) is 24.6 Å². The number of hydrogen-bond donors (Lipinski definition) is 0. The van der Waals surface area contributed by atoms with Gasteiger partial charge in [0, 0.05) is 11.0 Å². The number of esters is 1. The Balaban J connectivity index is 3.02. The highest BCUT2D eigenvalue weighted by Crippen LogP contribution is 2.18. The summed E-state index contributed by atoms with van der Waals surface area (Å²) in [5, 5.41) is 0. The minimum Gasteiger partial charge on any atom is -0.465 e. The van der Waals surface area contributed by atoms with Crippen LogP contribution in [0.15, 0.2) is 46.3 Å². The third-order valence-electron chi connectivity index (χ3n) is 2.39. The number of carbonyl (C=O) groups is 1. The van der Waals surface area contributed by atoms with Crippen molar-refractivity contribution in [3.63, 3.8) is 0 Å². The molecule has 0 heterocycles. The number of hydrogen-bond acceptors (Lipinski definition) is 4. The van der Waals surface area contributed by atoms with E-state index in [1.807, 2.05) is 0 Å². The molecule has 0 aliphatic rings. The second-order valence-corrected chi connectivity index (χ2v) is 6.70. The van der Waals surface area contributed by atoms with Crippen LogP contribution in [0.4, 0.5) is 0 Å². The fourth-order valence-electron chi connectivity index (χ4n) is 1.50. The van der Waals surface area contributed by atoms with Crippen molar-refractivity contribution in [3.05, 3.63) is 41.4 Å². The van der Waals surface area contributed by atoms with Gasteiger partial charge in [0.1, 0.15) is 6.54 Å². The van der Waals surface area contributed by atoms with Gasteiger partial charge in [-0.1, -0.05) is 22.0 Å². The van der Waals surface area contributed by atoms with Crippen molar-refractivity contribution in [1.29, 1.82) is 0 Å². The summed E-state index contributed by atoms with van der Waals surface area (Å²) in [6.45, 7) is 5.09. The maximum atomic E-state index is 12.4. The largest absolute Gasteiger partial charge is 0.465 e. The molecule has 0 amide bonds. The van der Waals surface area contributed by atoms with Crippen molar-refractivity contribution >= 4 is 31.9 Å². The van der Waals surface area contributed by atoms with Crippen LogP contribution in [0.1, 0.15) is 6.92 Å². The first-order chi connectivity index (χ1) is 9.41. The second kappa shape index (κ2) is 7.56. The molecule has 0 aliphatic heterocycles. The first-order valence-electron chi connectivity index (χ1n) is 5.94. The van der Waals surface area contributed by atoms with Crippen LogP contribution in [0.5, 0.6) is 0 Å². The smallest absolute Gasteiger partial charge is 0.321 e. The topological polar surface area (TPSA) is 63.7 Å². The predicted octanol–water partition coefficient (Wildman–Crippen LogP) is 2.19. The van der Waals surface area contributed by atoms with E-state index in [9.17, 15) is 13.2 Å². The first-order valence-corrected chi connectivity index (χ1v) is 8.17. The third-order valence-corrected chi connectivity index (χ3v) is 4.75. The molecule has 0 bridgehead atoms. The summed E-state index contributed by atoms with van der Waals surface area (Å²) < 4.78 is 31.4. The summed E-state index contributed by atoms with van der Waals surface area (Å²) in [4.78, 5) is 11.6. The number of benzene rings is 1. The Morgan fingerprint density at radius 1 is 1.40 bits per heavy atom. The molecule has 1 aromatic rings. The molecule has 0 unspecified atom stereocenters. The fraction of sp³-hybridized carbons (Fsp3) is 0.308. The zero-order valence-corrected chi connectivity index (χ0v) is 13.5. The average Bonchev–Trinajstić information content (AvgIpc) is 2.39. The van der Waals surface area contributed by atoms with Crippen LogP contribution in [0.2, 0.25) is 0 Å². The molecule has 0 fully saturated rings. The van der Waals surface area contributed by atoms with Crippen LogP contribution >= 0.6 is 15.9 Å². The van der Waals surface area contributed by atoms with E-state index in [1.165, 1.54) is 18.2 Å². The molecule has 1 aromatic carbocycles. The van der Waals surface area contributed by atoms with E-state index in [1.54, 1.807) is 19.1 Å². The normalized spacial score (nSPS) is 11.3. The van der Waals surface area contributed by atoms with Crippen molar-refractivity contribution in [1.82, 2.24) is 4.31 Å². The molecule has 0 atom stereocenters. The number of rotatable bonds is 7. The van der Waals surface area contributed by atoms with Crippen molar-refractivity contribution in [3.8, 4) is 0 Å². The zero-order chi connectivity index (χ0) is 15.2. The van der Waals surface area contributed by atoms with Crippen LogP contribution in [0.3, 0.4) is 0 Å². The lowest BCUT2D eigenvalue weighted by Crippen LogP contribution is -2.36. The zero-order valence-electron chi connectivity index (χ0n) is 11.1. The molecule has 0 aromatic heterocycles. The van der Waals surface area contributed by atoms with Gasteiger partial charge < -0.3 is 4.74 Å². The molecule has 110 valence electrons. The highest BCUT2D eigenvalue weighted by atomic mass is 79.9. The van der Waals surface area contributed by atoms with E-state index >= 15 is 0 Å². The number of nitrogens with zero attached hydrogens (tertiary/aromatic N) is 1.